The predicted molar refractivity (Wildman–Crippen MR) is 167 cm³/mol. The van der Waals surface area contributed by atoms with Crippen molar-refractivity contribution in [3.63, 3.8) is 0 Å². The van der Waals surface area contributed by atoms with Crippen LogP contribution >= 0.6 is 23.2 Å². The minimum absolute atomic E-state index is 0.00219. The molecule has 0 saturated carbocycles. The Kier molecular flexibility index (Phi) is 12.6. The van der Waals surface area contributed by atoms with E-state index in [1.54, 1.807) is 18.2 Å². The standard InChI is InChI=1S/C31H36Cl2FN3O4S/c1-3-4-18-35-31(39)29(20-23-9-6-5-7-10-23)36(22-24-12-13-25(32)21-28(24)33)30(38)11-8-19-37(42(2,40)41)27-16-14-26(34)15-17-27/h5-7,9-10,12-17,21,29H,3-4,8,11,18-20,22H2,1-2H3,(H,35,39)/t29-/m1/s1. The molecule has 11 heteroatoms. The van der Waals surface area contributed by atoms with Crippen LogP contribution in [0.15, 0.2) is 72.8 Å². The van der Waals surface area contributed by atoms with Gasteiger partial charge in [-0.05, 0) is 60.4 Å². The average molecular weight is 637 g/mol. The van der Waals surface area contributed by atoms with Crippen molar-refractivity contribution in [3.05, 3.63) is 99.8 Å². The molecule has 42 heavy (non-hydrogen) atoms. The number of benzene rings is 3. The number of sulfonamides is 1. The molecule has 0 unspecified atom stereocenters. The number of amides is 2. The zero-order chi connectivity index (χ0) is 30.7. The highest BCUT2D eigenvalue weighted by molar-refractivity contribution is 7.92. The predicted octanol–water partition coefficient (Wildman–Crippen LogP) is 6.24. The minimum atomic E-state index is -3.70. The van der Waals surface area contributed by atoms with Gasteiger partial charge in [0.25, 0.3) is 0 Å². The van der Waals surface area contributed by atoms with Crippen molar-refractivity contribution in [1.29, 1.82) is 0 Å². The fourth-order valence-electron chi connectivity index (χ4n) is 4.50. The second kappa shape index (κ2) is 15.9. The summed E-state index contributed by atoms with van der Waals surface area (Å²) < 4.78 is 39.6. The molecule has 7 nitrogen and oxygen atoms in total. The third-order valence-corrected chi connectivity index (χ3v) is 8.50. The van der Waals surface area contributed by atoms with Crippen molar-refractivity contribution in [2.24, 2.45) is 0 Å². The van der Waals surface area contributed by atoms with E-state index >= 15 is 0 Å². The maximum atomic E-state index is 13.9. The first-order valence-corrected chi connectivity index (χ1v) is 16.4. The first kappa shape index (κ1) is 33.4. The lowest BCUT2D eigenvalue weighted by Crippen LogP contribution is -2.50. The third-order valence-electron chi connectivity index (χ3n) is 6.72. The van der Waals surface area contributed by atoms with Crippen LogP contribution in [0.25, 0.3) is 0 Å². The molecule has 0 radical (unpaired) electrons. The number of nitrogens with zero attached hydrogens (tertiary/aromatic N) is 2. The number of halogens is 3. The number of carbonyl (C=O) groups excluding carboxylic acids is 2. The molecule has 0 aliphatic heterocycles. The molecule has 226 valence electrons. The lowest BCUT2D eigenvalue weighted by molar-refractivity contribution is -0.141. The monoisotopic (exact) mass is 635 g/mol. The van der Waals surface area contributed by atoms with E-state index in [-0.39, 0.29) is 44.2 Å². The highest BCUT2D eigenvalue weighted by Crippen LogP contribution is 2.25. The van der Waals surface area contributed by atoms with Gasteiger partial charge >= 0.3 is 0 Å². The molecule has 0 heterocycles. The van der Waals surface area contributed by atoms with Crippen LogP contribution < -0.4 is 9.62 Å². The van der Waals surface area contributed by atoms with Crippen LogP contribution in [0.5, 0.6) is 0 Å². The summed E-state index contributed by atoms with van der Waals surface area (Å²) in [6.07, 6.45) is 3.17. The topological polar surface area (TPSA) is 86.8 Å². The Hall–Kier alpha value is -3.14. The van der Waals surface area contributed by atoms with Gasteiger partial charge in [-0.15, -0.1) is 0 Å². The quantitative estimate of drug-likeness (QED) is 0.200. The Labute approximate surface area is 257 Å². The molecule has 0 aliphatic rings. The highest BCUT2D eigenvalue weighted by Gasteiger charge is 2.31. The lowest BCUT2D eigenvalue weighted by Gasteiger charge is -2.32. The molecule has 3 aromatic carbocycles. The van der Waals surface area contributed by atoms with Gasteiger partial charge < -0.3 is 10.2 Å². The molecule has 0 bridgehead atoms. The molecule has 0 saturated heterocycles. The molecule has 3 rings (SSSR count). The summed E-state index contributed by atoms with van der Waals surface area (Å²) in [4.78, 5) is 28.9. The first-order chi connectivity index (χ1) is 20.0. The molecule has 0 aromatic heterocycles. The fourth-order valence-corrected chi connectivity index (χ4v) is 5.94. The molecule has 1 N–H and O–H groups in total. The number of unbranched alkanes of at least 4 members (excludes halogenated alkanes) is 1. The number of hydrogen-bond acceptors (Lipinski definition) is 4. The van der Waals surface area contributed by atoms with Crippen molar-refractivity contribution in [2.75, 3.05) is 23.7 Å². The van der Waals surface area contributed by atoms with Crippen LogP contribution in [0.3, 0.4) is 0 Å². The zero-order valence-corrected chi connectivity index (χ0v) is 26.1. The maximum absolute atomic E-state index is 13.9. The molecule has 2 amide bonds. The summed E-state index contributed by atoms with van der Waals surface area (Å²) in [6, 6.07) is 18.7. The van der Waals surface area contributed by atoms with Crippen molar-refractivity contribution in [1.82, 2.24) is 10.2 Å². The van der Waals surface area contributed by atoms with Crippen LogP contribution in [-0.2, 0) is 32.6 Å². The van der Waals surface area contributed by atoms with E-state index in [0.717, 1.165) is 29.0 Å². The highest BCUT2D eigenvalue weighted by atomic mass is 35.5. The SMILES string of the molecule is CCCCNC(=O)[C@@H](Cc1ccccc1)N(Cc1ccc(Cl)cc1Cl)C(=O)CCCN(c1ccc(F)cc1)S(C)(=O)=O. The van der Waals surface area contributed by atoms with Gasteiger partial charge in [-0.25, -0.2) is 12.8 Å². The first-order valence-electron chi connectivity index (χ1n) is 13.8. The number of nitrogens with one attached hydrogen (secondary N) is 1. The van der Waals surface area contributed by atoms with Gasteiger partial charge in [0.15, 0.2) is 0 Å². The van der Waals surface area contributed by atoms with E-state index in [1.807, 2.05) is 37.3 Å². The van der Waals surface area contributed by atoms with Crippen LogP contribution in [0.4, 0.5) is 10.1 Å². The second-order valence-electron chi connectivity index (χ2n) is 10.0. The van der Waals surface area contributed by atoms with Crippen molar-refractivity contribution in [3.8, 4) is 0 Å². The van der Waals surface area contributed by atoms with Gasteiger partial charge in [0.1, 0.15) is 11.9 Å². The van der Waals surface area contributed by atoms with Gasteiger partial charge in [-0.1, -0.05) is 72.9 Å². The summed E-state index contributed by atoms with van der Waals surface area (Å²) in [5.41, 5.74) is 1.80. The Morgan fingerprint density at radius 2 is 1.67 bits per heavy atom. The van der Waals surface area contributed by atoms with Crippen LogP contribution in [0.1, 0.15) is 43.7 Å². The van der Waals surface area contributed by atoms with Crippen molar-refractivity contribution >= 4 is 50.7 Å². The van der Waals surface area contributed by atoms with Crippen molar-refractivity contribution < 1.29 is 22.4 Å². The lowest BCUT2D eigenvalue weighted by atomic mass is 10.0. The summed E-state index contributed by atoms with van der Waals surface area (Å²) in [6.45, 7) is 2.56. The van der Waals surface area contributed by atoms with E-state index in [0.29, 0.717) is 27.8 Å². The molecular weight excluding hydrogens is 600 g/mol. The molecule has 1 atom stereocenters. The summed E-state index contributed by atoms with van der Waals surface area (Å²) in [7, 11) is -3.70. The smallest absolute Gasteiger partial charge is 0.243 e. The minimum Gasteiger partial charge on any atom is -0.354 e. The Bertz CT molecular complexity index is 1440. The molecular formula is C31H36Cl2FN3O4S. The largest absolute Gasteiger partial charge is 0.354 e. The third kappa shape index (κ3) is 10.00. The van der Waals surface area contributed by atoms with E-state index in [1.165, 1.54) is 29.2 Å². The normalized spacial score (nSPS) is 12.0. The van der Waals surface area contributed by atoms with E-state index in [4.69, 9.17) is 23.2 Å². The molecule has 0 fully saturated rings. The van der Waals surface area contributed by atoms with E-state index < -0.39 is 21.9 Å². The molecule has 0 spiro atoms. The van der Waals surface area contributed by atoms with E-state index in [2.05, 4.69) is 5.32 Å². The second-order valence-corrected chi connectivity index (χ2v) is 12.8. The van der Waals surface area contributed by atoms with Crippen molar-refractivity contribution in [2.45, 2.75) is 51.6 Å². The van der Waals surface area contributed by atoms with Gasteiger partial charge in [-0.2, -0.15) is 0 Å². The average Bonchev–Trinajstić information content (AvgIpc) is 2.94. The summed E-state index contributed by atoms with van der Waals surface area (Å²) in [5.74, 6) is -1.10. The van der Waals surface area contributed by atoms with Crippen LogP contribution in [0, 0.1) is 5.82 Å². The number of hydrogen-bond donors (Lipinski definition) is 1. The Morgan fingerprint density at radius 3 is 2.29 bits per heavy atom. The number of carbonyl (C=O) groups is 2. The zero-order valence-electron chi connectivity index (χ0n) is 23.7. The van der Waals surface area contributed by atoms with Gasteiger partial charge in [0, 0.05) is 42.5 Å². The maximum Gasteiger partial charge on any atom is 0.243 e. The van der Waals surface area contributed by atoms with E-state index in [9.17, 15) is 22.4 Å². The summed E-state index contributed by atoms with van der Waals surface area (Å²) >= 11 is 12.6. The Balaban J connectivity index is 1.89. The number of rotatable bonds is 15. The van der Waals surface area contributed by atoms with Gasteiger partial charge in [0.05, 0.1) is 11.9 Å². The van der Waals surface area contributed by atoms with Crippen LogP contribution in [0.2, 0.25) is 10.0 Å². The fraction of sp³-hybridized carbons (Fsp3) is 0.355. The molecule has 0 aliphatic carbocycles. The summed E-state index contributed by atoms with van der Waals surface area (Å²) in [5, 5.41) is 3.78. The van der Waals surface area contributed by atoms with Gasteiger partial charge in [0.2, 0.25) is 21.8 Å². The van der Waals surface area contributed by atoms with Gasteiger partial charge in [-0.3, -0.25) is 13.9 Å². The number of anilines is 1. The van der Waals surface area contributed by atoms with Crippen LogP contribution in [-0.4, -0.2) is 50.5 Å². The Morgan fingerprint density at radius 1 is 0.976 bits per heavy atom. The molecule has 3 aromatic rings.